The van der Waals surface area contributed by atoms with Gasteiger partial charge in [0, 0.05) is 32.6 Å². The SMILES string of the molecule is CN1CCC(C)(CN(C)C(=O)C2CCN(CCO)CC2)C1. The predicted octanol–water partition coefficient (Wildman–Crippen LogP) is 0.491. The first-order valence-electron chi connectivity index (χ1n) is 8.20. The minimum atomic E-state index is 0.174. The second-order valence-electron chi connectivity index (χ2n) is 7.33. The number of piperidine rings is 1. The fourth-order valence-electron chi connectivity index (χ4n) is 3.91. The van der Waals surface area contributed by atoms with E-state index in [-0.39, 0.29) is 17.9 Å². The summed E-state index contributed by atoms with van der Waals surface area (Å²) in [5, 5.41) is 8.97. The van der Waals surface area contributed by atoms with Gasteiger partial charge < -0.3 is 19.8 Å². The zero-order valence-corrected chi connectivity index (χ0v) is 13.8. The number of hydrogen-bond donors (Lipinski definition) is 1. The van der Waals surface area contributed by atoms with Crippen molar-refractivity contribution in [1.29, 1.82) is 0 Å². The maximum atomic E-state index is 12.6. The Bertz CT molecular complexity index is 355. The molecule has 2 fully saturated rings. The average Bonchev–Trinajstić information content (AvgIpc) is 2.78. The topological polar surface area (TPSA) is 47.0 Å². The lowest BCUT2D eigenvalue weighted by atomic mass is 9.88. The molecule has 1 amide bonds. The van der Waals surface area contributed by atoms with Gasteiger partial charge in [-0.05, 0) is 51.4 Å². The Morgan fingerprint density at radius 3 is 2.52 bits per heavy atom. The normalized spacial score (nSPS) is 29.0. The van der Waals surface area contributed by atoms with Crippen LogP contribution >= 0.6 is 0 Å². The second-order valence-corrected chi connectivity index (χ2v) is 7.33. The first-order valence-corrected chi connectivity index (χ1v) is 8.20. The molecule has 0 bridgehead atoms. The first-order chi connectivity index (χ1) is 9.93. The largest absolute Gasteiger partial charge is 0.395 e. The van der Waals surface area contributed by atoms with E-state index in [4.69, 9.17) is 5.11 Å². The van der Waals surface area contributed by atoms with Crippen LogP contribution in [0.25, 0.3) is 0 Å². The highest BCUT2D eigenvalue weighted by Gasteiger charge is 2.35. The van der Waals surface area contributed by atoms with Gasteiger partial charge in [-0.2, -0.15) is 0 Å². The highest BCUT2D eigenvalue weighted by Crippen LogP contribution is 2.30. The Kier molecular flexibility index (Phi) is 5.63. The van der Waals surface area contributed by atoms with Crippen LogP contribution < -0.4 is 0 Å². The van der Waals surface area contributed by atoms with Gasteiger partial charge in [0.25, 0.3) is 0 Å². The van der Waals surface area contributed by atoms with Crippen molar-refractivity contribution in [2.24, 2.45) is 11.3 Å². The van der Waals surface area contributed by atoms with Crippen LogP contribution in [0.1, 0.15) is 26.2 Å². The fraction of sp³-hybridized carbons (Fsp3) is 0.938. The van der Waals surface area contributed by atoms with Crippen molar-refractivity contribution in [3.05, 3.63) is 0 Å². The maximum absolute atomic E-state index is 12.6. The molecule has 0 radical (unpaired) electrons. The summed E-state index contributed by atoms with van der Waals surface area (Å²) in [5.41, 5.74) is 0.247. The van der Waals surface area contributed by atoms with Crippen molar-refractivity contribution in [3.8, 4) is 0 Å². The van der Waals surface area contributed by atoms with Gasteiger partial charge in [0.1, 0.15) is 0 Å². The molecule has 5 heteroatoms. The van der Waals surface area contributed by atoms with E-state index in [1.807, 2.05) is 11.9 Å². The Hall–Kier alpha value is -0.650. The predicted molar refractivity (Wildman–Crippen MR) is 84.1 cm³/mol. The van der Waals surface area contributed by atoms with E-state index >= 15 is 0 Å². The molecule has 21 heavy (non-hydrogen) atoms. The minimum Gasteiger partial charge on any atom is -0.395 e. The summed E-state index contributed by atoms with van der Waals surface area (Å²) in [6.45, 7) is 8.20. The molecule has 0 spiro atoms. The van der Waals surface area contributed by atoms with E-state index < -0.39 is 0 Å². The molecular weight excluding hydrogens is 266 g/mol. The zero-order chi connectivity index (χ0) is 15.5. The average molecular weight is 297 g/mol. The van der Waals surface area contributed by atoms with Gasteiger partial charge in [0.05, 0.1) is 6.61 Å². The summed E-state index contributed by atoms with van der Waals surface area (Å²) in [5.74, 6) is 0.488. The van der Waals surface area contributed by atoms with Gasteiger partial charge in [0.2, 0.25) is 5.91 Å². The minimum absolute atomic E-state index is 0.174. The summed E-state index contributed by atoms with van der Waals surface area (Å²) >= 11 is 0. The smallest absolute Gasteiger partial charge is 0.225 e. The Labute approximate surface area is 128 Å². The number of aliphatic hydroxyl groups excluding tert-OH is 1. The quantitative estimate of drug-likeness (QED) is 0.802. The summed E-state index contributed by atoms with van der Waals surface area (Å²) in [6.07, 6.45) is 3.04. The molecule has 2 aliphatic heterocycles. The lowest BCUT2D eigenvalue weighted by Crippen LogP contribution is -2.45. The molecule has 0 aromatic carbocycles. The van der Waals surface area contributed by atoms with Gasteiger partial charge in [-0.25, -0.2) is 0 Å². The number of aliphatic hydroxyl groups is 1. The molecule has 0 saturated carbocycles. The molecule has 0 aliphatic carbocycles. The molecule has 1 N–H and O–H groups in total. The number of carbonyl (C=O) groups excluding carboxylic acids is 1. The van der Waals surface area contributed by atoms with E-state index in [9.17, 15) is 4.79 Å². The van der Waals surface area contributed by atoms with Crippen LogP contribution in [-0.2, 0) is 4.79 Å². The molecule has 5 nitrogen and oxygen atoms in total. The number of nitrogens with zero attached hydrogens (tertiary/aromatic N) is 3. The molecule has 2 rings (SSSR count). The van der Waals surface area contributed by atoms with Crippen molar-refractivity contribution in [1.82, 2.24) is 14.7 Å². The second kappa shape index (κ2) is 7.07. The third kappa shape index (κ3) is 4.41. The lowest BCUT2D eigenvalue weighted by Gasteiger charge is -2.35. The van der Waals surface area contributed by atoms with Crippen molar-refractivity contribution in [2.75, 3.05) is 60.0 Å². The van der Waals surface area contributed by atoms with Crippen LogP contribution in [0, 0.1) is 11.3 Å². The lowest BCUT2D eigenvalue weighted by molar-refractivity contribution is -0.137. The molecule has 2 saturated heterocycles. The maximum Gasteiger partial charge on any atom is 0.225 e. The fourth-order valence-corrected chi connectivity index (χ4v) is 3.91. The molecule has 1 atom stereocenters. The zero-order valence-electron chi connectivity index (χ0n) is 13.8. The highest BCUT2D eigenvalue weighted by atomic mass is 16.3. The molecule has 0 aromatic rings. The standard InChI is InChI=1S/C16H31N3O2/c1-16(6-9-17(2)12-16)13-18(3)15(21)14-4-7-19(8-5-14)10-11-20/h14,20H,4-13H2,1-3H3. The number of hydrogen-bond acceptors (Lipinski definition) is 4. The molecular formula is C16H31N3O2. The van der Waals surface area contributed by atoms with Crippen LogP contribution in [0.3, 0.4) is 0 Å². The molecule has 1 unspecified atom stereocenters. The van der Waals surface area contributed by atoms with Gasteiger partial charge in [-0.1, -0.05) is 6.92 Å². The molecule has 0 aromatic heterocycles. The first kappa shape index (κ1) is 16.7. The van der Waals surface area contributed by atoms with Gasteiger partial charge >= 0.3 is 0 Å². The van der Waals surface area contributed by atoms with Crippen molar-refractivity contribution >= 4 is 5.91 Å². The van der Waals surface area contributed by atoms with Crippen LogP contribution in [-0.4, -0.2) is 85.7 Å². The third-order valence-corrected chi connectivity index (χ3v) is 5.10. The van der Waals surface area contributed by atoms with Crippen molar-refractivity contribution in [3.63, 3.8) is 0 Å². The highest BCUT2D eigenvalue weighted by molar-refractivity contribution is 5.78. The number of likely N-dealkylation sites (tertiary alicyclic amines) is 2. The number of rotatable bonds is 5. The van der Waals surface area contributed by atoms with Gasteiger partial charge in [-0.15, -0.1) is 0 Å². The Balaban J connectivity index is 1.80. The van der Waals surface area contributed by atoms with Crippen molar-refractivity contribution < 1.29 is 9.90 Å². The van der Waals surface area contributed by atoms with Crippen molar-refractivity contribution in [2.45, 2.75) is 26.2 Å². The van der Waals surface area contributed by atoms with Crippen LogP contribution in [0.5, 0.6) is 0 Å². The van der Waals surface area contributed by atoms with Crippen LogP contribution in [0.4, 0.5) is 0 Å². The Morgan fingerprint density at radius 2 is 2.00 bits per heavy atom. The van der Waals surface area contributed by atoms with E-state index in [1.165, 1.54) is 6.42 Å². The number of carbonyl (C=O) groups is 1. The number of β-amino-alcohol motifs (C(OH)–C–C–N with tert-alkyl or cyclic N) is 1. The Morgan fingerprint density at radius 1 is 1.33 bits per heavy atom. The van der Waals surface area contributed by atoms with E-state index in [2.05, 4.69) is 23.8 Å². The summed E-state index contributed by atoms with van der Waals surface area (Å²) in [6, 6.07) is 0. The number of amides is 1. The van der Waals surface area contributed by atoms with Crippen LogP contribution in [0.2, 0.25) is 0 Å². The summed E-state index contributed by atoms with van der Waals surface area (Å²) in [7, 11) is 4.12. The van der Waals surface area contributed by atoms with Gasteiger partial charge in [-0.3, -0.25) is 4.79 Å². The molecule has 122 valence electrons. The monoisotopic (exact) mass is 297 g/mol. The van der Waals surface area contributed by atoms with Gasteiger partial charge in [0.15, 0.2) is 0 Å². The van der Waals surface area contributed by atoms with Crippen LogP contribution in [0.15, 0.2) is 0 Å². The van der Waals surface area contributed by atoms with E-state index in [1.54, 1.807) is 0 Å². The molecule has 2 heterocycles. The third-order valence-electron chi connectivity index (χ3n) is 5.10. The molecule has 2 aliphatic rings. The summed E-state index contributed by atoms with van der Waals surface area (Å²) < 4.78 is 0. The summed E-state index contributed by atoms with van der Waals surface area (Å²) in [4.78, 5) is 19.2. The van der Waals surface area contributed by atoms with E-state index in [0.717, 1.165) is 52.1 Å². The van der Waals surface area contributed by atoms with E-state index in [0.29, 0.717) is 5.91 Å².